The van der Waals surface area contributed by atoms with Crippen molar-refractivity contribution in [2.45, 2.75) is 12.6 Å². The van der Waals surface area contributed by atoms with Crippen LogP contribution >= 0.6 is 23.2 Å². The molecule has 0 saturated carbocycles. The molecule has 0 unspecified atom stereocenters. The van der Waals surface area contributed by atoms with Crippen molar-refractivity contribution in [3.63, 3.8) is 0 Å². The molecule has 0 fully saturated rings. The Kier molecular flexibility index (Phi) is 4.81. The highest BCUT2D eigenvalue weighted by Crippen LogP contribution is 2.22. The Labute approximate surface area is 112 Å². The molecule has 0 radical (unpaired) electrons. The van der Waals surface area contributed by atoms with Crippen LogP contribution in [0.4, 0.5) is 13.2 Å². The molecule has 3 nitrogen and oxygen atoms in total. The molecule has 0 bridgehead atoms. The average Bonchev–Trinajstić information content (AvgIpc) is 2.27. The molecule has 0 aliphatic carbocycles. The van der Waals surface area contributed by atoms with Crippen LogP contribution in [-0.2, 0) is 0 Å². The van der Waals surface area contributed by atoms with Gasteiger partial charge in [-0.05, 0) is 6.07 Å². The van der Waals surface area contributed by atoms with Crippen LogP contribution < -0.4 is 0 Å². The van der Waals surface area contributed by atoms with E-state index in [0.29, 0.717) is 0 Å². The van der Waals surface area contributed by atoms with Crippen molar-refractivity contribution in [1.29, 1.82) is 0 Å². The molecule has 0 spiro atoms. The quantitative estimate of drug-likeness (QED) is 0.802. The van der Waals surface area contributed by atoms with E-state index in [2.05, 4.69) is 4.98 Å². The SMILES string of the molecule is CN(CCC(F)(F)F)C(=O)c1cnc(Cl)c(Cl)c1. The monoisotopic (exact) mass is 300 g/mol. The van der Waals surface area contributed by atoms with Gasteiger partial charge in [-0.1, -0.05) is 23.2 Å². The molecule has 0 aliphatic heterocycles. The van der Waals surface area contributed by atoms with E-state index < -0.39 is 25.0 Å². The second-order valence-corrected chi connectivity index (χ2v) is 4.35. The molecule has 1 rings (SSSR count). The highest BCUT2D eigenvalue weighted by molar-refractivity contribution is 6.41. The Morgan fingerprint density at radius 1 is 1.44 bits per heavy atom. The van der Waals surface area contributed by atoms with Gasteiger partial charge in [-0.25, -0.2) is 4.98 Å². The van der Waals surface area contributed by atoms with Crippen LogP contribution in [0.25, 0.3) is 0 Å². The van der Waals surface area contributed by atoms with Crippen molar-refractivity contribution in [2.75, 3.05) is 13.6 Å². The van der Waals surface area contributed by atoms with Crippen LogP contribution in [0, 0.1) is 0 Å². The van der Waals surface area contributed by atoms with Gasteiger partial charge in [0.15, 0.2) is 0 Å². The molecule has 0 N–H and O–H groups in total. The van der Waals surface area contributed by atoms with Gasteiger partial charge in [0.2, 0.25) is 0 Å². The predicted octanol–water partition coefficient (Wildman–Crippen LogP) is 3.41. The fourth-order valence-corrected chi connectivity index (χ4v) is 1.42. The Hall–Kier alpha value is -1.01. The van der Waals surface area contributed by atoms with Crippen molar-refractivity contribution in [3.05, 3.63) is 28.0 Å². The van der Waals surface area contributed by atoms with Crippen molar-refractivity contribution in [1.82, 2.24) is 9.88 Å². The van der Waals surface area contributed by atoms with Gasteiger partial charge in [-0.15, -0.1) is 0 Å². The van der Waals surface area contributed by atoms with E-state index in [4.69, 9.17) is 23.2 Å². The molecule has 1 aromatic heterocycles. The molecule has 0 aromatic carbocycles. The first-order valence-electron chi connectivity index (χ1n) is 4.84. The number of hydrogen-bond donors (Lipinski definition) is 0. The number of carbonyl (C=O) groups excluding carboxylic acids is 1. The number of amides is 1. The van der Waals surface area contributed by atoms with Crippen molar-refractivity contribution >= 4 is 29.1 Å². The molecular weight excluding hydrogens is 292 g/mol. The maximum atomic E-state index is 12.0. The molecular formula is C10H9Cl2F3N2O. The minimum atomic E-state index is -4.30. The van der Waals surface area contributed by atoms with Gasteiger partial charge < -0.3 is 4.90 Å². The fourth-order valence-electron chi connectivity index (χ4n) is 1.15. The summed E-state index contributed by atoms with van der Waals surface area (Å²) in [5.41, 5.74) is 0.0917. The number of nitrogens with zero attached hydrogens (tertiary/aromatic N) is 2. The summed E-state index contributed by atoms with van der Waals surface area (Å²) >= 11 is 11.2. The third kappa shape index (κ3) is 4.34. The van der Waals surface area contributed by atoms with Gasteiger partial charge in [0, 0.05) is 19.8 Å². The summed E-state index contributed by atoms with van der Waals surface area (Å²) in [6, 6.07) is 1.27. The number of pyridine rings is 1. The first kappa shape index (κ1) is 15.0. The van der Waals surface area contributed by atoms with Crippen LogP contribution in [0.5, 0.6) is 0 Å². The zero-order chi connectivity index (χ0) is 13.9. The Bertz CT molecular complexity index is 451. The van der Waals surface area contributed by atoms with Crippen LogP contribution in [0.3, 0.4) is 0 Å². The second kappa shape index (κ2) is 5.75. The van der Waals surface area contributed by atoms with E-state index >= 15 is 0 Å². The van der Waals surface area contributed by atoms with E-state index in [0.717, 1.165) is 4.90 Å². The van der Waals surface area contributed by atoms with E-state index in [-0.39, 0.29) is 15.7 Å². The maximum absolute atomic E-state index is 12.0. The maximum Gasteiger partial charge on any atom is 0.390 e. The molecule has 1 heterocycles. The van der Waals surface area contributed by atoms with Gasteiger partial charge in [0.1, 0.15) is 5.15 Å². The Morgan fingerprint density at radius 2 is 2.06 bits per heavy atom. The Morgan fingerprint density at radius 3 is 2.56 bits per heavy atom. The fraction of sp³-hybridized carbons (Fsp3) is 0.400. The first-order chi connectivity index (χ1) is 8.20. The number of hydrogen-bond acceptors (Lipinski definition) is 2. The average molecular weight is 301 g/mol. The molecule has 0 aliphatic rings. The van der Waals surface area contributed by atoms with Crippen molar-refractivity contribution in [2.24, 2.45) is 0 Å². The van der Waals surface area contributed by atoms with Crippen LogP contribution in [0.1, 0.15) is 16.8 Å². The topological polar surface area (TPSA) is 33.2 Å². The number of rotatable bonds is 3. The molecule has 0 atom stereocenters. The van der Waals surface area contributed by atoms with E-state index in [1.165, 1.54) is 19.3 Å². The Balaban J connectivity index is 2.71. The van der Waals surface area contributed by atoms with Gasteiger partial charge in [0.25, 0.3) is 5.91 Å². The standard InChI is InChI=1S/C10H9Cl2F3N2O/c1-17(3-2-10(13,14)15)9(18)6-4-7(11)8(12)16-5-6/h4-5H,2-3H2,1H3. The van der Waals surface area contributed by atoms with Gasteiger partial charge in [0.05, 0.1) is 17.0 Å². The molecule has 1 aromatic rings. The number of halogens is 5. The third-order valence-corrected chi connectivity index (χ3v) is 2.81. The normalized spacial score (nSPS) is 11.4. The summed E-state index contributed by atoms with van der Waals surface area (Å²) in [7, 11) is 1.27. The molecule has 8 heteroatoms. The summed E-state index contributed by atoms with van der Waals surface area (Å²) in [4.78, 5) is 16.3. The molecule has 1 amide bonds. The number of aromatic nitrogens is 1. The summed E-state index contributed by atoms with van der Waals surface area (Å²) in [5.74, 6) is -0.592. The summed E-state index contributed by atoms with van der Waals surface area (Å²) in [6.07, 6.45) is -4.20. The minimum absolute atomic E-state index is 0.0335. The first-order valence-corrected chi connectivity index (χ1v) is 5.59. The van der Waals surface area contributed by atoms with Crippen LogP contribution in [0.2, 0.25) is 10.2 Å². The zero-order valence-electron chi connectivity index (χ0n) is 9.26. The highest BCUT2D eigenvalue weighted by Gasteiger charge is 2.28. The van der Waals surface area contributed by atoms with E-state index in [9.17, 15) is 18.0 Å². The largest absolute Gasteiger partial charge is 0.390 e. The summed E-state index contributed by atoms with van der Waals surface area (Å²) in [6.45, 7) is -0.428. The summed E-state index contributed by atoms with van der Waals surface area (Å²) in [5, 5.41) is 0.109. The lowest BCUT2D eigenvalue weighted by molar-refractivity contribution is -0.136. The van der Waals surface area contributed by atoms with Crippen LogP contribution in [-0.4, -0.2) is 35.6 Å². The molecule has 100 valence electrons. The number of carbonyl (C=O) groups is 1. The molecule has 0 saturated heterocycles. The smallest absolute Gasteiger partial charge is 0.341 e. The minimum Gasteiger partial charge on any atom is -0.341 e. The zero-order valence-corrected chi connectivity index (χ0v) is 10.8. The van der Waals surface area contributed by atoms with Gasteiger partial charge in [-0.3, -0.25) is 4.79 Å². The van der Waals surface area contributed by atoms with E-state index in [1.54, 1.807) is 0 Å². The lowest BCUT2D eigenvalue weighted by Crippen LogP contribution is -2.30. The van der Waals surface area contributed by atoms with Crippen molar-refractivity contribution in [3.8, 4) is 0 Å². The third-order valence-electron chi connectivity index (χ3n) is 2.12. The lowest BCUT2D eigenvalue weighted by Gasteiger charge is -2.18. The molecule has 18 heavy (non-hydrogen) atoms. The predicted molar refractivity (Wildman–Crippen MR) is 61.9 cm³/mol. The van der Waals surface area contributed by atoms with Crippen LogP contribution in [0.15, 0.2) is 12.3 Å². The van der Waals surface area contributed by atoms with Crippen molar-refractivity contribution < 1.29 is 18.0 Å². The van der Waals surface area contributed by atoms with E-state index in [1.807, 2.05) is 0 Å². The van der Waals surface area contributed by atoms with Gasteiger partial charge >= 0.3 is 6.18 Å². The number of alkyl halides is 3. The van der Waals surface area contributed by atoms with Gasteiger partial charge in [-0.2, -0.15) is 13.2 Å². The lowest BCUT2D eigenvalue weighted by atomic mass is 10.2. The second-order valence-electron chi connectivity index (χ2n) is 3.59. The summed E-state index contributed by atoms with van der Waals surface area (Å²) < 4.78 is 36.0. The highest BCUT2D eigenvalue weighted by atomic mass is 35.5.